The molecule has 1 amide bonds. The van der Waals surface area contributed by atoms with Gasteiger partial charge in [-0.25, -0.2) is 17.7 Å². The highest BCUT2D eigenvalue weighted by Gasteiger charge is 2.21. The van der Waals surface area contributed by atoms with E-state index in [1.807, 2.05) is 0 Å². The molecule has 4 rings (SSSR count). The fourth-order valence-electron chi connectivity index (χ4n) is 3.32. The second kappa shape index (κ2) is 7.64. The summed E-state index contributed by atoms with van der Waals surface area (Å²) in [5.74, 6) is 0.115. The Hall–Kier alpha value is -3.50. The lowest BCUT2D eigenvalue weighted by molar-refractivity contribution is 0.102. The predicted molar refractivity (Wildman–Crippen MR) is 116 cm³/mol. The maximum absolute atomic E-state index is 13.2. The number of anilines is 1. The summed E-state index contributed by atoms with van der Waals surface area (Å²) in [6.45, 7) is 1.80. The lowest BCUT2D eigenvalue weighted by Crippen LogP contribution is -2.22. The molecule has 1 N–H and O–H groups in total. The maximum Gasteiger partial charge on any atom is 0.256 e. The van der Waals surface area contributed by atoms with Crippen molar-refractivity contribution in [2.75, 3.05) is 19.4 Å². The summed E-state index contributed by atoms with van der Waals surface area (Å²) in [6, 6.07) is 11.3. The van der Waals surface area contributed by atoms with Crippen molar-refractivity contribution in [3.8, 4) is 11.5 Å². The highest BCUT2D eigenvalue weighted by Crippen LogP contribution is 2.28. The largest absolute Gasteiger partial charge is 0.463 e. The summed E-state index contributed by atoms with van der Waals surface area (Å²) >= 11 is 0. The van der Waals surface area contributed by atoms with Gasteiger partial charge in [0.05, 0.1) is 27.8 Å². The molecule has 0 saturated carbocycles. The summed E-state index contributed by atoms with van der Waals surface area (Å²) in [5, 5.41) is 7.80. The molecule has 9 nitrogen and oxygen atoms in total. The first-order chi connectivity index (χ1) is 14.7. The number of nitrogens with zero attached hydrogens (tertiary/aromatic N) is 4. The number of carbonyl (C=O) groups excluding carboxylic acids is 1. The number of aromatic nitrogens is 3. The molecule has 0 atom stereocenters. The van der Waals surface area contributed by atoms with Crippen LogP contribution in [0.4, 0.5) is 5.69 Å². The number of sulfonamides is 1. The Kier molecular flexibility index (Phi) is 5.11. The maximum atomic E-state index is 13.2. The van der Waals surface area contributed by atoms with Crippen LogP contribution in [0.5, 0.6) is 0 Å². The van der Waals surface area contributed by atoms with Gasteiger partial charge < -0.3 is 9.73 Å². The quantitative estimate of drug-likeness (QED) is 0.512. The standard InChI is InChI=1S/C21H21N5O4S/c1-13-19-16(12-17(18-9-6-10-30-18)23-20(19)26(4)24-13)21(27)22-14-7-5-8-15(11-14)31(28,29)25(2)3/h5-12H,1-4H3,(H,22,27). The molecular weight excluding hydrogens is 418 g/mol. The van der Waals surface area contributed by atoms with Crippen molar-refractivity contribution in [1.29, 1.82) is 0 Å². The topological polar surface area (TPSA) is 110 Å². The number of furan rings is 1. The van der Waals surface area contributed by atoms with Gasteiger partial charge in [0.2, 0.25) is 10.0 Å². The molecule has 0 saturated heterocycles. The van der Waals surface area contributed by atoms with Gasteiger partial charge in [0.15, 0.2) is 11.4 Å². The van der Waals surface area contributed by atoms with E-state index in [4.69, 9.17) is 4.42 Å². The van der Waals surface area contributed by atoms with Gasteiger partial charge >= 0.3 is 0 Å². The number of carbonyl (C=O) groups is 1. The molecule has 0 unspecified atom stereocenters. The Balaban J connectivity index is 1.78. The normalized spacial score (nSPS) is 11.9. The van der Waals surface area contributed by atoms with Crippen LogP contribution in [0.15, 0.2) is 58.0 Å². The van der Waals surface area contributed by atoms with E-state index in [1.165, 1.54) is 32.5 Å². The summed E-state index contributed by atoms with van der Waals surface area (Å²) in [4.78, 5) is 17.9. The van der Waals surface area contributed by atoms with Crippen LogP contribution in [0.2, 0.25) is 0 Å². The van der Waals surface area contributed by atoms with Crippen LogP contribution < -0.4 is 5.32 Å². The molecule has 3 heterocycles. The number of benzene rings is 1. The zero-order chi connectivity index (χ0) is 22.3. The van der Waals surface area contributed by atoms with Gasteiger partial charge in [-0.15, -0.1) is 0 Å². The summed E-state index contributed by atoms with van der Waals surface area (Å²) in [7, 11) is 1.04. The van der Waals surface area contributed by atoms with Gasteiger partial charge in [-0.1, -0.05) is 6.07 Å². The average molecular weight is 439 g/mol. The summed E-state index contributed by atoms with van der Waals surface area (Å²) < 4.78 is 33.0. The first-order valence-electron chi connectivity index (χ1n) is 9.40. The highest BCUT2D eigenvalue weighted by atomic mass is 32.2. The summed E-state index contributed by atoms with van der Waals surface area (Å²) in [6.07, 6.45) is 1.53. The lowest BCUT2D eigenvalue weighted by Gasteiger charge is -2.13. The van der Waals surface area contributed by atoms with Gasteiger partial charge in [0.1, 0.15) is 5.69 Å². The first kappa shape index (κ1) is 20.8. The Bertz CT molecular complexity index is 1390. The van der Waals surface area contributed by atoms with Crippen LogP contribution in [0.25, 0.3) is 22.5 Å². The number of nitrogens with one attached hydrogen (secondary N) is 1. The SMILES string of the molecule is Cc1nn(C)c2nc(-c3ccco3)cc(C(=O)Nc3cccc(S(=O)(=O)N(C)C)c3)c12. The Morgan fingerprint density at radius 1 is 1.16 bits per heavy atom. The number of hydrogen-bond donors (Lipinski definition) is 1. The Morgan fingerprint density at radius 3 is 2.61 bits per heavy atom. The van der Waals surface area contributed by atoms with Gasteiger partial charge in [-0.3, -0.25) is 9.48 Å². The molecule has 0 fully saturated rings. The van der Waals surface area contributed by atoms with E-state index in [1.54, 1.807) is 49.0 Å². The number of aryl methyl sites for hydroxylation is 2. The molecule has 3 aromatic heterocycles. The molecule has 0 spiro atoms. The average Bonchev–Trinajstić information content (AvgIpc) is 3.36. The fourth-order valence-corrected chi connectivity index (χ4v) is 4.27. The van der Waals surface area contributed by atoms with Gasteiger partial charge in [0, 0.05) is 26.8 Å². The fraction of sp³-hybridized carbons (Fsp3) is 0.190. The van der Waals surface area contributed by atoms with Crippen LogP contribution in [0.1, 0.15) is 16.1 Å². The van der Waals surface area contributed by atoms with Crippen molar-refractivity contribution in [2.24, 2.45) is 7.05 Å². The Labute approximate surface area is 179 Å². The van der Waals surface area contributed by atoms with E-state index in [9.17, 15) is 13.2 Å². The molecule has 0 aliphatic rings. The van der Waals surface area contributed by atoms with Crippen molar-refractivity contribution in [1.82, 2.24) is 19.1 Å². The molecule has 0 aliphatic heterocycles. The third-order valence-electron chi connectivity index (χ3n) is 4.86. The zero-order valence-electron chi connectivity index (χ0n) is 17.4. The van der Waals surface area contributed by atoms with Crippen molar-refractivity contribution >= 4 is 32.7 Å². The van der Waals surface area contributed by atoms with E-state index in [2.05, 4.69) is 15.4 Å². The molecule has 31 heavy (non-hydrogen) atoms. The number of rotatable bonds is 5. The second-order valence-electron chi connectivity index (χ2n) is 7.21. The minimum atomic E-state index is -3.63. The van der Waals surface area contributed by atoms with Gasteiger partial charge in [0.25, 0.3) is 5.91 Å². The van der Waals surface area contributed by atoms with E-state index in [0.29, 0.717) is 39.4 Å². The third-order valence-corrected chi connectivity index (χ3v) is 6.67. The molecule has 0 aliphatic carbocycles. The van der Waals surface area contributed by atoms with Crippen LogP contribution >= 0.6 is 0 Å². The third kappa shape index (κ3) is 3.71. The van der Waals surface area contributed by atoms with Crippen LogP contribution in [0, 0.1) is 6.92 Å². The smallest absolute Gasteiger partial charge is 0.256 e. The minimum Gasteiger partial charge on any atom is -0.463 e. The first-order valence-corrected chi connectivity index (χ1v) is 10.8. The lowest BCUT2D eigenvalue weighted by atomic mass is 10.1. The molecule has 0 bridgehead atoms. The van der Waals surface area contributed by atoms with Gasteiger partial charge in [-0.2, -0.15) is 5.10 Å². The zero-order valence-corrected chi connectivity index (χ0v) is 18.3. The van der Waals surface area contributed by atoms with E-state index in [0.717, 1.165) is 4.31 Å². The number of hydrogen-bond acceptors (Lipinski definition) is 6. The van der Waals surface area contributed by atoms with E-state index >= 15 is 0 Å². The highest BCUT2D eigenvalue weighted by molar-refractivity contribution is 7.89. The molecule has 10 heteroatoms. The second-order valence-corrected chi connectivity index (χ2v) is 9.36. The number of pyridine rings is 1. The predicted octanol–water partition coefficient (Wildman–Crippen LogP) is 3.04. The van der Waals surface area contributed by atoms with Crippen molar-refractivity contribution in [3.63, 3.8) is 0 Å². The van der Waals surface area contributed by atoms with Crippen molar-refractivity contribution in [3.05, 3.63) is 60.0 Å². The van der Waals surface area contributed by atoms with E-state index < -0.39 is 15.9 Å². The molecule has 1 aromatic carbocycles. The number of amides is 1. The molecule has 160 valence electrons. The van der Waals surface area contributed by atoms with Crippen LogP contribution in [-0.2, 0) is 17.1 Å². The molecular formula is C21H21N5O4S. The number of fused-ring (bicyclic) bond motifs is 1. The van der Waals surface area contributed by atoms with Crippen LogP contribution in [-0.4, -0.2) is 47.5 Å². The minimum absolute atomic E-state index is 0.0870. The van der Waals surface area contributed by atoms with E-state index in [-0.39, 0.29) is 4.90 Å². The molecule has 0 radical (unpaired) electrons. The van der Waals surface area contributed by atoms with Crippen molar-refractivity contribution in [2.45, 2.75) is 11.8 Å². The summed E-state index contributed by atoms with van der Waals surface area (Å²) in [5.41, 5.74) is 2.42. The Morgan fingerprint density at radius 2 is 1.94 bits per heavy atom. The monoisotopic (exact) mass is 439 g/mol. The van der Waals surface area contributed by atoms with Gasteiger partial charge in [-0.05, 0) is 43.3 Å². The van der Waals surface area contributed by atoms with Crippen molar-refractivity contribution < 1.29 is 17.6 Å². The molecule has 4 aromatic rings. The van der Waals surface area contributed by atoms with Crippen LogP contribution in [0.3, 0.4) is 0 Å².